The molecule has 0 saturated carbocycles. The van der Waals surface area contributed by atoms with E-state index in [2.05, 4.69) is 20.3 Å². The Bertz CT molecular complexity index is 845. The van der Waals surface area contributed by atoms with Crippen molar-refractivity contribution in [2.45, 2.75) is 12.5 Å². The average Bonchev–Trinajstić information content (AvgIpc) is 3.03. The summed E-state index contributed by atoms with van der Waals surface area (Å²) in [7, 11) is 0. The van der Waals surface area contributed by atoms with Gasteiger partial charge in [0.25, 0.3) is 5.91 Å². The van der Waals surface area contributed by atoms with Gasteiger partial charge in [0.05, 0.1) is 17.8 Å². The lowest BCUT2D eigenvalue weighted by Crippen LogP contribution is -2.31. The van der Waals surface area contributed by atoms with E-state index in [1.807, 2.05) is 6.07 Å². The number of fused-ring (bicyclic) bond motifs is 1. The number of hydrogen-bond donors (Lipinski definition) is 3. The second kappa shape index (κ2) is 6.27. The fourth-order valence-electron chi connectivity index (χ4n) is 2.39. The lowest BCUT2D eigenvalue weighted by atomic mass is 10.0. The molecule has 0 fully saturated rings. The van der Waals surface area contributed by atoms with E-state index in [0.717, 1.165) is 5.56 Å². The molecule has 7 heteroatoms. The zero-order valence-corrected chi connectivity index (χ0v) is 12.1. The third-order valence-corrected chi connectivity index (χ3v) is 3.46. The number of carbonyl (C=O) groups is 2. The van der Waals surface area contributed by atoms with Crippen LogP contribution in [-0.4, -0.2) is 31.9 Å². The first-order chi connectivity index (χ1) is 11.1. The molecule has 1 aromatic carbocycles. The van der Waals surface area contributed by atoms with Gasteiger partial charge < -0.3 is 15.4 Å². The number of nitrogens with one attached hydrogen (secondary N) is 2. The number of H-pyrrole nitrogens is 1. The van der Waals surface area contributed by atoms with Crippen LogP contribution in [0.1, 0.15) is 28.5 Å². The molecule has 0 spiro atoms. The number of aromatic amines is 1. The molecule has 0 aliphatic carbocycles. The van der Waals surface area contributed by atoms with Gasteiger partial charge in [-0.25, -0.2) is 9.97 Å². The predicted molar refractivity (Wildman–Crippen MR) is 82.8 cm³/mol. The lowest BCUT2D eigenvalue weighted by molar-refractivity contribution is -0.137. The summed E-state index contributed by atoms with van der Waals surface area (Å²) in [6, 6.07) is 10.1. The van der Waals surface area contributed by atoms with Gasteiger partial charge in [0.15, 0.2) is 0 Å². The third kappa shape index (κ3) is 3.18. The summed E-state index contributed by atoms with van der Waals surface area (Å²) >= 11 is 0. The van der Waals surface area contributed by atoms with Crippen LogP contribution in [-0.2, 0) is 4.79 Å². The molecule has 0 radical (unpaired) electrons. The van der Waals surface area contributed by atoms with E-state index in [1.54, 1.807) is 36.5 Å². The molecule has 0 aliphatic heterocycles. The monoisotopic (exact) mass is 310 g/mol. The second-order valence-corrected chi connectivity index (χ2v) is 5.00. The molecule has 3 rings (SSSR count). The van der Waals surface area contributed by atoms with Crippen molar-refractivity contribution in [3.05, 3.63) is 60.2 Å². The zero-order chi connectivity index (χ0) is 16.2. The summed E-state index contributed by atoms with van der Waals surface area (Å²) in [5.74, 6) is -1.43. The Balaban J connectivity index is 1.89. The average molecular weight is 310 g/mol. The van der Waals surface area contributed by atoms with Crippen molar-refractivity contribution in [2.24, 2.45) is 0 Å². The molecule has 3 N–H and O–H groups in total. The molecule has 23 heavy (non-hydrogen) atoms. The highest BCUT2D eigenvalue weighted by Gasteiger charge is 2.21. The van der Waals surface area contributed by atoms with Crippen molar-refractivity contribution in [1.82, 2.24) is 20.3 Å². The first-order valence-corrected chi connectivity index (χ1v) is 7.01. The molecular formula is C16H14N4O3. The van der Waals surface area contributed by atoms with Crippen molar-refractivity contribution >= 4 is 22.9 Å². The molecule has 1 atom stereocenters. The Kier molecular flexibility index (Phi) is 4.01. The Hall–Kier alpha value is -3.22. The molecule has 2 aromatic heterocycles. The SMILES string of the molecule is O=C(O)C[C@@H](NC(=O)c1ncnc2[nH]ccc12)c1ccccc1. The summed E-state index contributed by atoms with van der Waals surface area (Å²) in [6.45, 7) is 0. The summed E-state index contributed by atoms with van der Waals surface area (Å²) < 4.78 is 0. The summed E-state index contributed by atoms with van der Waals surface area (Å²) in [4.78, 5) is 34.6. The van der Waals surface area contributed by atoms with E-state index >= 15 is 0 Å². The third-order valence-electron chi connectivity index (χ3n) is 3.46. The lowest BCUT2D eigenvalue weighted by Gasteiger charge is -2.17. The van der Waals surface area contributed by atoms with Gasteiger partial charge in [-0.1, -0.05) is 30.3 Å². The minimum atomic E-state index is -0.992. The molecule has 0 aliphatic rings. The number of carbonyl (C=O) groups excluding carboxylic acids is 1. The number of nitrogens with zero attached hydrogens (tertiary/aromatic N) is 2. The second-order valence-electron chi connectivity index (χ2n) is 5.00. The van der Waals surface area contributed by atoms with Crippen LogP contribution in [0.4, 0.5) is 0 Å². The fourth-order valence-corrected chi connectivity index (χ4v) is 2.39. The van der Waals surface area contributed by atoms with Gasteiger partial charge in [-0.15, -0.1) is 0 Å². The Morgan fingerprint density at radius 3 is 2.70 bits per heavy atom. The first kappa shape index (κ1) is 14.7. The quantitative estimate of drug-likeness (QED) is 0.667. The predicted octanol–water partition coefficient (Wildman–Crippen LogP) is 1.90. The molecule has 2 heterocycles. The van der Waals surface area contributed by atoms with E-state index in [1.165, 1.54) is 6.33 Å². The minimum absolute atomic E-state index is 0.211. The van der Waals surface area contributed by atoms with Crippen molar-refractivity contribution in [1.29, 1.82) is 0 Å². The van der Waals surface area contributed by atoms with Crippen molar-refractivity contribution in [3.8, 4) is 0 Å². The van der Waals surface area contributed by atoms with Gasteiger partial charge >= 0.3 is 5.97 Å². The van der Waals surface area contributed by atoms with Gasteiger partial charge in [0.1, 0.15) is 17.7 Å². The molecule has 116 valence electrons. The van der Waals surface area contributed by atoms with Crippen LogP contribution in [0.5, 0.6) is 0 Å². The maximum atomic E-state index is 12.5. The van der Waals surface area contributed by atoms with E-state index in [4.69, 9.17) is 5.11 Å². The van der Waals surface area contributed by atoms with Crippen molar-refractivity contribution in [2.75, 3.05) is 0 Å². The topological polar surface area (TPSA) is 108 Å². The van der Waals surface area contributed by atoms with E-state index < -0.39 is 17.9 Å². The van der Waals surface area contributed by atoms with Crippen LogP contribution in [0, 0.1) is 0 Å². The molecule has 3 aromatic rings. The van der Waals surface area contributed by atoms with Crippen LogP contribution >= 0.6 is 0 Å². The highest BCUT2D eigenvalue weighted by molar-refractivity contribution is 6.03. The van der Waals surface area contributed by atoms with Crippen LogP contribution in [0.3, 0.4) is 0 Å². The number of rotatable bonds is 5. The zero-order valence-electron chi connectivity index (χ0n) is 12.1. The molecule has 0 unspecified atom stereocenters. The molecule has 0 bridgehead atoms. The standard InChI is InChI=1S/C16H14N4O3/c21-13(22)8-12(10-4-2-1-3-5-10)20-16(23)14-11-6-7-17-15(11)19-9-18-14/h1-7,9,12H,8H2,(H,20,23)(H,21,22)(H,17,18,19)/t12-/m1/s1. The Morgan fingerprint density at radius 1 is 1.17 bits per heavy atom. The van der Waals surface area contributed by atoms with Gasteiger partial charge in [0, 0.05) is 6.20 Å². The van der Waals surface area contributed by atoms with Gasteiger partial charge in [-0.05, 0) is 11.6 Å². The number of carboxylic acids is 1. The number of benzene rings is 1. The van der Waals surface area contributed by atoms with Crippen molar-refractivity contribution in [3.63, 3.8) is 0 Å². The number of hydrogen-bond acceptors (Lipinski definition) is 4. The van der Waals surface area contributed by atoms with E-state index in [0.29, 0.717) is 11.0 Å². The molecule has 1 amide bonds. The highest BCUT2D eigenvalue weighted by atomic mass is 16.4. The smallest absolute Gasteiger partial charge is 0.305 e. The fraction of sp³-hybridized carbons (Fsp3) is 0.125. The Morgan fingerprint density at radius 2 is 1.96 bits per heavy atom. The normalized spacial score (nSPS) is 12.0. The molecular weight excluding hydrogens is 296 g/mol. The number of aromatic nitrogens is 3. The number of aliphatic carboxylic acids is 1. The summed E-state index contributed by atoms with van der Waals surface area (Å²) in [5.41, 5.74) is 1.49. The summed E-state index contributed by atoms with van der Waals surface area (Å²) in [6.07, 6.45) is 2.75. The van der Waals surface area contributed by atoms with Crippen LogP contribution in [0.15, 0.2) is 48.9 Å². The highest BCUT2D eigenvalue weighted by Crippen LogP contribution is 2.19. The molecule has 0 saturated heterocycles. The molecule has 7 nitrogen and oxygen atoms in total. The van der Waals surface area contributed by atoms with E-state index in [-0.39, 0.29) is 12.1 Å². The van der Waals surface area contributed by atoms with E-state index in [9.17, 15) is 9.59 Å². The first-order valence-electron chi connectivity index (χ1n) is 7.01. The maximum absolute atomic E-state index is 12.5. The van der Waals surface area contributed by atoms with Crippen LogP contribution in [0.25, 0.3) is 11.0 Å². The van der Waals surface area contributed by atoms with Gasteiger partial charge in [-0.3, -0.25) is 9.59 Å². The number of carboxylic acid groups (broad SMARTS) is 1. The number of amides is 1. The van der Waals surface area contributed by atoms with Gasteiger partial charge in [-0.2, -0.15) is 0 Å². The Labute approximate surface area is 131 Å². The minimum Gasteiger partial charge on any atom is -0.481 e. The van der Waals surface area contributed by atoms with Gasteiger partial charge in [0.2, 0.25) is 0 Å². The maximum Gasteiger partial charge on any atom is 0.305 e. The van der Waals surface area contributed by atoms with Crippen LogP contribution in [0.2, 0.25) is 0 Å². The van der Waals surface area contributed by atoms with Crippen LogP contribution < -0.4 is 5.32 Å². The van der Waals surface area contributed by atoms with Crippen molar-refractivity contribution < 1.29 is 14.7 Å². The summed E-state index contributed by atoms with van der Waals surface area (Å²) in [5, 5.41) is 12.4. The largest absolute Gasteiger partial charge is 0.481 e.